The second-order valence-electron chi connectivity index (χ2n) is 6.25. The number of hydrogen-bond donors (Lipinski definition) is 2. The molecule has 2 aliphatic heterocycles. The van der Waals surface area contributed by atoms with E-state index >= 15 is 0 Å². The Kier molecular flexibility index (Phi) is 5.66. The van der Waals surface area contributed by atoms with Crippen molar-refractivity contribution in [3.8, 4) is 0 Å². The molecule has 0 bridgehead atoms. The van der Waals surface area contributed by atoms with Crippen LogP contribution in [-0.2, 0) is 23.9 Å². The molecule has 0 radical (unpaired) electrons. The van der Waals surface area contributed by atoms with E-state index in [1.165, 1.54) is 35.8 Å². The van der Waals surface area contributed by atoms with E-state index in [1.54, 1.807) is 6.92 Å². The first-order valence-electron chi connectivity index (χ1n) is 8.24. The second kappa shape index (κ2) is 7.84. The van der Waals surface area contributed by atoms with E-state index in [4.69, 9.17) is 16.3 Å². The highest BCUT2D eigenvalue weighted by Crippen LogP contribution is 2.40. The van der Waals surface area contributed by atoms with Crippen LogP contribution in [0.15, 0.2) is 23.7 Å². The van der Waals surface area contributed by atoms with E-state index in [9.17, 15) is 24.3 Å². The molecule has 0 saturated carbocycles. The van der Waals surface area contributed by atoms with Crippen LogP contribution in [0.2, 0.25) is 5.02 Å². The molecule has 3 rings (SSSR count). The summed E-state index contributed by atoms with van der Waals surface area (Å²) in [7, 11) is 0. The maximum absolute atomic E-state index is 12.5. The number of ether oxygens (including phenoxy) is 1. The van der Waals surface area contributed by atoms with E-state index in [1.807, 2.05) is 0 Å². The minimum absolute atomic E-state index is 0.200. The van der Waals surface area contributed by atoms with Gasteiger partial charge in [-0.3, -0.25) is 24.0 Å². The van der Waals surface area contributed by atoms with Gasteiger partial charge in [-0.15, -0.1) is 11.8 Å². The zero-order valence-electron chi connectivity index (χ0n) is 14.9. The Labute approximate surface area is 168 Å². The summed E-state index contributed by atoms with van der Waals surface area (Å²) in [5.74, 6) is -2.54. The fraction of sp³-hybridized carbons (Fsp3) is 0.438. The van der Waals surface area contributed by atoms with Gasteiger partial charge in [-0.1, -0.05) is 11.6 Å². The van der Waals surface area contributed by atoms with E-state index in [-0.39, 0.29) is 18.1 Å². The van der Waals surface area contributed by atoms with Crippen molar-refractivity contribution < 1.29 is 29.0 Å². The Bertz CT molecular complexity index is 884. The molecule has 12 heteroatoms. The molecule has 10 nitrogen and oxygen atoms in total. The molecule has 1 saturated heterocycles. The van der Waals surface area contributed by atoms with Gasteiger partial charge in [-0.05, 0) is 6.92 Å². The van der Waals surface area contributed by atoms with Crippen LogP contribution >= 0.6 is 23.4 Å². The van der Waals surface area contributed by atoms with Crippen LogP contribution < -0.4 is 5.32 Å². The number of carboxylic acid groups (broad SMARTS) is 1. The van der Waals surface area contributed by atoms with Crippen molar-refractivity contribution in [2.75, 3.05) is 12.4 Å². The lowest BCUT2D eigenvalue weighted by molar-refractivity contribution is -0.151. The number of rotatable bonds is 6. The Morgan fingerprint density at radius 1 is 1.50 bits per heavy atom. The van der Waals surface area contributed by atoms with Gasteiger partial charge in [-0.25, -0.2) is 4.79 Å². The molecule has 150 valence electrons. The number of aromatic nitrogens is 2. The zero-order chi connectivity index (χ0) is 20.6. The summed E-state index contributed by atoms with van der Waals surface area (Å²) in [6.07, 6.45) is 2.88. The van der Waals surface area contributed by atoms with Crippen molar-refractivity contribution in [2.24, 2.45) is 0 Å². The molecule has 28 heavy (non-hydrogen) atoms. The molecule has 2 aliphatic rings. The van der Waals surface area contributed by atoms with Crippen molar-refractivity contribution >= 4 is 47.1 Å². The molecule has 1 aromatic heterocycles. The maximum Gasteiger partial charge on any atom is 0.352 e. The number of nitrogens with zero attached hydrogens (tertiary/aromatic N) is 3. The zero-order valence-corrected chi connectivity index (χ0v) is 16.5. The largest absolute Gasteiger partial charge is 0.477 e. The number of esters is 1. The summed E-state index contributed by atoms with van der Waals surface area (Å²) in [5.41, 5.74) is 0.133. The maximum atomic E-state index is 12.5. The summed E-state index contributed by atoms with van der Waals surface area (Å²) >= 11 is 7.09. The molecule has 1 aromatic rings. The van der Waals surface area contributed by atoms with Crippen LogP contribution in [0.3, 0.4) is 0 Å². The van der Waals surface area contributed by atoms with Gasteiger partial charge in [0, 0.05) is 24.4 Å². The van der Waals surface area contributed by atoms with E-state index in [0.717, 1.165) is 4.90 Å². The quantitative estimate of drug-likeness (QED) is 0.491. The third-order valence-electron chi connectivity index (χ3n) is 4.34. The molecule has 0 spiro atoms. The predicted molar refractivity (Wildman–Crippen MR) is 98.3 cm³/mol. The van der Waals surface area contributed by atoms with Crippen molar-refractivity contribution in [3.63, 3.8) is 0 Å². The Morgan fingerprint density at radius 2 is 2.21 bits per heavy atom. The average molecular weight is 429 g/mol. The molecule has 3 heterocycles. The Morgan fingerprint density at radius 3 is 2.79 bits per heavy atom. The van der Waals surface area contributed by atoms with Gasteiger partial charge in [0.1, 0.15) is 29.8 Å². The van der Waals surface area contributed by atoms with Gasteiger partial charge in [0.05, 0.1) is 11.2 Å². The molecule has 0 aromatic carbocycles. The van der Waals surface area contributed by atoms with Crippen LogP contribution in [0, 0.1) is 0 Å². The molecular weight excluding hydrogens is 412 g/mol. The molecular formula is C16H17ClN4O6S. The lowest BCUT2D eigenvalue weighted by Crippen LogP contribution is -2.71. The topological polar surface area (TPSA) is 131 Å². The molecule has 3 unspecified atom stereocenters. The van der Waals surface area contributed by atoms with Gasteiger partial charge >= 0.3 is 11.9 Å². The predicted octanol–water partition coefficient (Wildman–Crippen LogP) is 0.399. The van der Waals surface area contributed by atoms with Gasteiger partial charge in [-0.2, -0.15) is 5.10 Å². The number of β-lactam (4-membered cyclic amide) rings is 1. The Hall–Kier alpha value is -2.53. The summed E-state index contributed by atoms with van der Waals surface area (Å²) < 4.78 is 6.24. The first-order valence-corrected chi connectivity index (χ1v) is 9.66. The minimum atomic E-state index is -1.29. The van der Waals surface area contributed by atoms with E-state index in [0.29, 0.717) is 10.6 Å². The number of nitrogens with one attached hydrogen (secondary N) is 1. The number of carbonyl (C=O) groups excluding carboxylic acids is 3. The summed E-state index contributed by atoms with van der Waals surface area (Å²) in [6.45, 7) is 2.62. The number of thioether (sulfide) groups is 1. The third kappa shape index (κ3) is 3.72. The smallest absolute Gasteiger partial charge is 0.352 e. The van der Waals surface area contributed by atoms with E-state index in [2.05, 4.69) is 10.4 Å². The highest BCUT2D eigenvalue weighted by atomic mass is 35.5. The normalized spacial score (nSPS) is 22.2. The first-order chi connectivity index (χ1) is 13.2. The number of amides is 2. The van der Waals surface area contributed by atoms with E-state index < -0.39 is 41.2 Å². The van der Waals surface area contributed by atoms with Crippen molar-refractivity contribution in [1.82, 2.24) is 20.0 Å². The fourth-order valence-corrected chi connectivity index (χ4v) is 4.37. The fourth-order valence-electron chi connectivity index (χ4n) is 2.90. The second-order valence-corrected chi connectivity index (χ2v) is 7.79. The lowest BCUT2D eigenvalue weighted by Gasteiger charge is -2.49. The SMILES string of the molecule is CC(=O)OCC1=C(C(=O)O)N2C(=O)C(NC(=O)C(C)n3cc(Cl)cn3)C2SC1. The lowest BCUT2D eigenvalue weighted by atomic mass is 10.0. The first kappa shape index (κ1) is 20.2. The van der Waals surface area contributed by atoms with Gasteiger partial charge in [0.15, 0.2) is 0 Å². The third-order valence-corrected chi connectivity index (χ3v) is 5.88. The number of halogens is 1. The number of aliphatic carboxylic acids is 1. The number of carbonyl (C=O) groups is 4. The number of fused-ring (bicyclic) bond motifs is 1. The van der Waals surface area contributed by atoms with Crippen molar-refractivity contribution in [2.45, 2.75) is 31.3 Å². The van der Waals surface area contributed by atoms with Crippen LogP contribution in [0.25, 0.3) is 0 Å². The summed E-state index contributed by atoms with van der Waals surface area (Å²) in [6, 6.07) is -1.55. The van der Waals surface area contributed by atoms with Crippen LogP contribution in [0.1, 0.15) is 19.9 Å². The monoisotopic (exact) mass is 428 g/mol. The molecule has 3 atom stereocenters. The van der Waals surface area contributed by atoms with Crippen molar-refractivity contribution in [1.29, 1.82) is 0 Å². The van der Waals surface area contributed by atoms with Crippen LogP contribution in [-0.4, -0.2) is 67.3 Å². The number of hydrogen-bond acceptors (Lipinski definition) is 7. The summed E-state index contributed by atoms with van der Waals surface area (Å²) in [4.78, 5) is 48.8. The average Bonchev–Trinajstić information content (AvgIpc) is 3.08. The molecule has 1 fully saturated rings. The minimum Gasteiger partial charge on any atom is -0.477 e. The molecule has 2 amide bonds. The Balaban J connectivity index is 1.72. The van der Waals surface area contributed by atoms with Crippen molar-refractivity contribution in [3.05, 3.63) is 28.7 Å². The van der Waals surface area contributed by atoms with Gasteiger partial charge < -0.3 is 15.2 Å². The van der Waals surface area contributed by atoms with Gasteiger partial charge in [0.25, 0.3) is 5.91 Å². The molecule has 0 aliphatic carbocycles. The highest BCUT2D eigenvalue weighted by Gasteiger charge is 2.54. The van der Waals surface area contributed by atoms with Gasteiger partial charge in [0.2, 0.25) is 5.91 Å². The highest BCUT2D eigenvalue weighted by molar-refractivity contribution is 8.00. The van der Waals surface area contributed by atoms with Crippen LogP contribution in [0.4, 0.5) is 0 Å². The molecule has 2 N–H and O–H groups in total. The summed E-state index contributed by atoms with van der Waals surface area (Å²) in [5, 5.41) is 15.9. The number of carboxylic acids is 1. The standard InChI is InChI=1S/C16H17ClN4O6S/c1-7(20-4-10(17)3-18-20)13(23)19-11-14(24)21-12(16(25)26)9(5-27-8(2)22)6-28-15(11)21/h3-4,7,11,15H,5-6H2,1-2H3,(H,19,23)(H,25,26). The van der Waals surface area contributed by atoms with Crippen LogP contribution in [0.5, 0.6) is 0 Å².